The Balaban J connectivity index is 1.72. The van der Waals surface area contributed by atoms with Crippen molar-refractivity contribution in [3.8, 4) is 5.75 Å². The predicted octanol–water partition coefficient (Wildman–Crippen LogP) is 4.87. The molecule has 1 atom stereocenters. The lowest BCUT2D eigenvalue weighted by atomic mass is 10.00. The van der Waals surface area contributed by atoms with E-state index in [0.29, 0.717) is 36.4 Å². The van der Waals surface area contributed by atoms with Crippen LogP contribution in [0.5, 0.6) is 5.75 Å². The topological polar surface area (TPSA) is 89.4 Å². The fourth-order valence-corrected chi connectivity index (χ4v) is 4.59. The summed E-state index contributed by atoms with van der Waals surface area (Å²) in [5, 5.41) is 11.5. The standard InChI is InChI=1S/C31H37N5O3/c1-6-39-25-16-14-24(15-17-25)29(30(38)32-31(3,4)5)35(19-18-23-11-9-10-22(2)20-23)28(37)21-36-27-13-8-7-12-26(27)33-34-36/h7-17,20,29H,6,18-19,21H2,1-5H3,(H,32,38). The molecule has 0 spiro atoms. The van der Waals surface area contributed by atoms with Gasteiger partial charge in [-0.05, 0) is 76.4 Å². The van der Waals surface area contributed by atoms with Crippen LogP contribution in [0.25, 0.3) is 11.0 Å². The molecule has 0 fully saturated rings. The number of nitrogens with zero attached hydrogens (tertiary/aromatic N) is 4. The van der Waals surface area contributed by atoms with Crippen LogP contribution >= 0.6 is 0 Å². The lowest BCUT2D eigenvalue weighted by Crippen LogP contribution is -2.50. The number of hydrogen-bond acceptors (Lipinski definition) is 5. The van der Waals surface area contributed by atoms with Crippen LogP contribution in [0.3, 0.4) is 0 Å². The van der Waals surface area contributed by atoms with Crippen molar-refractivity contribution >= 4 is 22.8 Å². The lowest BCUT2D eigenvalue weighted by Gasteiger charge is -2.34. The average Bonchev–Trinajstić information content (AvgIpc) is 3.29. The smallest absolute Gasteiger partial charge is 0.247 e. The van der Waals surface area contributed by atoms with E-state index in [1.54, 1.807) is 9.58 Å². The van der Waals surface area contributed by atoms with E-state index in [2.05, 4.69) is 21.7 Å². The Labute approximate surface area is 230 Å². The Kier molecular flexibility index (Phi) is 8.64. The van der Waals surface area contributed by atoms with Crippen molar-refractivity contribution in [3.63, 3.8) is 0 Å². The number of hydrogen-bond donors (Lipinski definition) is 1. The molecule has 8 nitrogen and oxygen atoms in total. The van der Waals surface area contributed by atoms with Crippen LogP contribution in [0, 0.1) is 6.92 Å². The third-order valence-electron chi connectivity index (χ3n) is 6.31. The van der Waals surface area contributed by atoms with Crippen LogP contribution in [0.4, 0.5) is 0 Å². The van der Waals surface area contributed by atoms with Gasteiger partial charge in [-0.3, -0.25) is 9.59 Å². The van der Waals surface area contributed by atoms with Crippen molar-refractivity contribution in [1.29, 1.82) is 0 Å². The van der Waals surface area contributed by atoms with Gasteiger partial charge in [0.05, 0.1) is 12.1 Å². The molecule has 0 aliphatic heterocycles. The summed E-state index contributed by atoms with van der Waals surface area (Å²) >= 11 is 0. The normalized spacial score (nSPS) is 12.2. The molecular formula is C31H37N5O3. The molecule has 1 N–H and O–H groups in total. The number of para-hydroxylation sites is 1. The number of carbonyl (C=O) groups is 2. The van der Waals surface area contributed by atoms with Crippen LogP contribution in [0.1, 0.15) is 50.4 Å². The Hall–Kier alpha value is -4.20. The molecule has 1 aromatic heterocycles. The maximum Gasteiger partial charge on any atom is 0.247 e. The van der Waals surface area contributed by atoms with Gasteiger partial charge >= 0.3 is 0 Å². The Morgan fingerprint density at radius 3 is 2.46 bits per heavy atom. The first kappa shape index (κ1) is 27.8. The molecule has 2 amide bonds. The molecule has 0 radical (unpaired) electrons. The number of rotatable bonds is 10. The molecular weight excluding hydrogens is 490 g/mol. The molecule has 0 saturated carbocycles. The number of benzene rings is 3. The second kappa shape index (κ2) is 12.1. The van der Waals surface area contributed by atoms with Gasteiger partial charge in [0.2, 0.25) is 11.8 Å². The number of nitrogens with one attached hydrogen (secondary N) is 1. The summed E-state index contributed by atoms with van der Waals surface area (Å²) in [6.45, 7) is 10.6. The Morgan fingerprint density at radius 1 is 1.03 bits per heavy atom. The summed E-state index contributed by atoms with van der Waals surface area (Å²) in [6.07, 6.45) is 0.599. The van der Waals surface area contributed by atoms with Gasteiger partial charge in [0.15, 0.2) is 0 Å². The maximum absolute atomic E-state index is 14.0. The van der Waals surface area contributed by atoms with Crippen LogP contribution < -0.4 is 10.1 Å². The summed E-state index contributed by atoms with van der Waals surface area (Å²) < 4.78 is 7.21. The predicted molar refractivity (Wildman–Crippen MR) is 152 cm³/mol. The minimum Gasteiger partial charge on any atom is -0.494 e. The van der Waals surface area contributed by atoms with E-state index in [-0.39, 0.29) is 18.4 Å². The monoisotopic (exact) mass is 527 g/mol. The van der Waals surface area contributed by atoms with Gasteiger partial charge in [-0.25, -0.2) is 4.68 Å². The van der Waals surface area contributed by atoms with E-state index >= 15 is 0 Å². The van der Waals surface area contributed by atoms with Crippen LogP contribution in [-0.2, 0) is 22.6 Å². The molecule has 8 heteroatoms. The van der Waals surface area contributed by atoms with Gasteiger partial charge in [-0.1, -0.05) is 59.3 Å². The fraction of sp³-hybridized carbons (Fsp3) is 0.355. The van der Waals surface area contributed by atoms with Crippen molar-refractivity contribution in [2.75, 3.05) is 13.2 Å². The van der Waals surface area contributed by atoms with Gasteiger partial charge in [-0.2, -0.15) is 0 Å². The summed E-state index contributed by atoms with van der Waals surface area (Å²) in [4.78, 5) is 29.5. The van der Waals surface area contributed by atoms with Crippen LogP contribution in [0.2, 0.25) is 0 Å². The average molecular weight is 528 g/mol. The largest absolute Gasteiger partial charge is 0.494 e. The van der Waals surface area contributed by atoms with E-state index in [4.69, 9.17) is 4.74 Å². The molecule has 4 rings (SSSR count). The number of amides is 2. The van der Waals surface area contributed by atoms with Gasteiger partial charge in [-0.15, -0.1) is 5.10 Å². The highest BCUT2D eigenvalue weighted by atomic mass is 16.5. The molecule has 0 aliphatic rings. The van der Waals surface area contributed by atoms with Crippen LogP contribution in [-0.4, -0.2) is 50.4 Å². The third kappa shape index (κ3) is 7.22. The molecule has 39 heavy (non-hydrogen) atoms. The van der Waals surface area contributed by atoms with Crippen LogP contribution in [0.15, 0.2) is 72.8 Å². The number of carbonyl (C=O) groups excluding carboxylic acids is 2. The number of ether oxygens (including phenoxy) is 1. The third-order valence-corrected chi connectivity index (χ3v) is 6.31. The molecule has 1 heterocycles. The zero-order valence-electron chi connectivity index (χ0n) is 23.3. The first-order valence-electron chi connectivity index (χ1n) is 13.3. The second-order valence-corrected chi connectivity index (χ2v) is 10.7. The van der Waals surface area contributed by atoms with Gasteiger partial charge in [0.1, 0.15) is 23.9 Å². The van der Waals surface area contributed by atoms with E-state index in [1.807, 2.05) is 101 Å². The van der Waals surface area contributed by atoms with Gasteiger partial charge < -0.3 is 15.0 Å². The zero-order valence-corrected chi connectivity index (χ0v) is 23.3. The number of aryl methyl sites for hydroxylation is 1. The minimum absolute atomic E-state index is 0.0370. The van der Waals surface area contributed by atoms with E-state index in [1.165, 1.54) is 0 Å². The van der Waals surface area contributed by atoms with Crippen molar-refractivity contribution in [3.05, 3.63) is 89.5 Å². The van der Waals surface area contributed by atoms with E-state index in [0.717, 1.165) is 16.6 Å². The summed E-state index contributed by atoms with van der Waals surface area (Å²) in [5.41, 5.74) is 3.95. The summed E-state index contributed by atoms with van der Waals surface area (Å²) in [5.74, 6) is 0.247. The van der Waals surface area contributed by atoms with E-state index in [9.17, 15) is 9.59 Å². The molecule has 3 aromatic carbocycles. The quantitative estimate of drug-likeness (QED) is 0.318. The van der Waals surface area contributed by atoms with Gasteiger partial charge in [0.25, 0.3) is 0 Å². The SMILES string of the molecule is CCOc1ccc(C(C(=O)NC(C)(C)C)N(CCc2cccc(C)c2)C(=O)Cn2nnc3ccccc32)cc1. The zero-order chi connectivity index (χ0) is 28.0. The molecule has 204 valence electrons. The highest BCUT2D eigenvalue weighted by Crippen LogP contribution is 2.26. The van der Waals surface area contributed by atoms with Crippen molar-refractivity contribution in [2.24, 2.45) is 0 Å². The Bertz CT molecular complexity index is 1420. The van der Waals surface area contributed by atoms with Crippen molar-refractivity contribution < 1.29 is 14.3 Å². The van der Waals surface area contributed by atoms with Gasteiger partial charge in [0, 0.05) is 12.1 Å². The molecule has 0 aliphatic carbocycles. The minimum atomic E-state index is -0.841. The highest BCUT2D eigenvalue weighted by Gasteiger charge is 2.33. The number of fused-ring (bicyclic) bond motifs is 1. The van der Waals surface area contributed by atoms with Crippen molar-refractivity contribution in [2.45, 2.75) is 59.2 Å². The summed E-state index contributed by atoms with van der Waals surface area (Å²) in [7, 11) is 0. The first-order chi connectivity index (χ1) is 18.6. The number of aromatic nitrogens is 3. The molecule has 4 aromatic rings. The van der Waals surface area contributed by atoms with Crippen molar-refractivity contribution in [1.82, 2.24) is 25.2 Å². The van der Waals surface area contributed by atoms with E-state index < -0.39 is 11.6 Å². The molecule has 1 unspecified atom stereocenters. The molecule has 0 bridgehead atoms. The fourth-order valence-electron chi connectivity index (χ4n) is 4.59. The molecule has 0 saturated heterocycles. The Morgan fingerprint density at radius 2 is 1.77 bits per heavy atom. The highest BCUT2D eigenvalue weighted by molar-refractivity contribution is 5.89. The second-order valence-electron chi connectivity index (χ2n) is 10.7. The lowest BCUT2D eigenvalue weighted by molar-refractivity contribution is -0.142. The maximum atomic E-state index is 14.0. The first-order valence-corrected chi connectivity index (χ1v) is 13.3. The summed E-state index contributed by atoms with van der Waals surface area (Å²) in [6, 6.07) is 22.3.